The van der Waals surface area contributed by atoms with E-state index in [0.717, 1.165) is 12.1 Å². The number of nitrogens with one attached hydrogen (secondary N) is 3. The van der Waals surface area contributed by atoms with Gasteiger partial charge in [0.25, 0.3) is 0 Å². The topological polar surface area (TPSA) is 195 Å². The Labute approximate surface area is 286 Å². The van der Waals surface area contributed by atoms with Crippen LogP contribution in [0.3, 0.4) is 0 Å². The molecule has 0 aliphatic rings. The first-order valence-corrected chi connectivity index (χ1v) is 16.4. The fourth-order valence-electron chi connectivity index (χ4n) is 3.92. The lowest BCUT2D eigenvalue weighted by Gasteiger charge is -2.26. The molecule has 0 aromatic heterocycles. The summed E-state index contributed by atoms with van der Waals surface area (Å²) in [5, 5.41) is 4.36. The van der Waals surface area contributed by atoms with Crippen molar-refractivity contribution in [1.82, 2.24) is 10.0 Å². The van der Waals surface area contributed by atoms with Crippen LogP contribution >= 0.6 is 11.6 Å². The lowest BCUT2D eigenvalue weighted by Crippen LogP contribution is -2.48. The van der Waals surface area contributed by atoms with Crippen molar-refractivity contribution in [1.29, 1.82) is 0 Å². The van der Waals surface area contributed by atoms with Crippen molar-refractivity contribution >= 4 is 62.9 Å². The number of carbonyl (C=O) groups excluding carboxylic acids is 4. The van der Waals surface area contributed by atoms with Crippen LogP contribution in [0.15, 0.2) is 36.4 Å². The van der Waals surface area contributed by atoms with E-state index in [1.165, 1.54) is 45.9 Å². The molecule has 1 atom stereocenters. The van der Waals surface area contributed by atoms with E-state index in [-0.39, 0.29) is 40.7 Å². The smallest absolute Gasteiger partial charge is 0.422 e. The van der Waals surface area contributed by atoms with Crippen molar-refractivity contribution in [2.45, 2.75) is 78.3 Å². The number of alkyl carbamates (subject to hydrolysis) is 1. The van der Waals surface area contributed by atoms with Crippen LogP contribution in [0.4, 0.5) is 39.8 Å². The normalized spacial score (nSPS) is 12.7. The van der Waals surface area contributed by atoms with Crippen LogP contribution in [0.1, 0.15) is 59.6 Å². The zero-order chi connectivity index (χ0) is 37.5. The maximum Gasteiger partial charge on any atom is 0.422 e. The second kappa shape index (κ2) is 15.8. The van der Waals surface area contributed by atoms with Gasteiger partial charge in [-0.3, -0.25) is 9.59 Å². The molecule has 14 nitrogen and oxygen atoms in total. The molecule has 5 N–H and O–H groups in total. The second-order valence-electron chi connectivity index (χ2n) is 12.4. The highest BCUT2D eigenvalue weighted by atomic mass is 35.5. The van der Waals surface area contributed by atoms with Crippen molar-refractivity contribution in [3.05, 3.63) is 52.5 Å². The van der Waals surface area contributed by atoms with Gasteiger partial charge in [0, 0.05) is 6.42 Å². The minimum Gasteiger partial charge on any atom is -0.465 e. The molecule has 49 heavy (non-hydrogen) atoms. The van der Waals surface area contributed by atoms with Crippen molar-refractivity contribution in [3.8, 4) is 0 Å². The molecule has 0 aliphatic carbocycles. The SMILES string of the molecule is CCOC(=O)CN(c1ccc(C[C@H](NC(=O)OC(C)(C)C)C(=O)Nc2cc(C(F)(F)F)ccc2N)cc1Cl)S(=O)(=O)NC(=O)OC(C)(C)C. The van der Waals surface area contributed by atoms with Gasteiger partial charge in [-0.1, -0.05) is 17.7 Å². The van der Waals surface area contributed by atoms with Gasteiger partial charge in [-0.15, -0.1) is 0 Å². The first-order valence-electron chi connectivity index (χ1n) is 14.6. The van der Waals surface area contributed by atoms with Gasteiger partial charge in [-0.05, 0) is 84.4 Å². The highest BCUT2D eigenvalue weighted by Crippen LogP contribution is 2.33. The number of rotatable bonds is 11. The van der Waals surface area contributed by atoms with E-state index in [2.05, 4.69) is 10.6 Å². The standard InChI is InChI=1S/C30H39ClF3N5O9S/c1-8-46-24(40)16-39(49(44,45)38-27(43)48-29(5,6)7)23-12-9-17(13-19(23)31)14-22(37-26(42)47-28(2,3)4)25(41)36-21-15-18(30(32,33)34)10-11-20(21)35/h9-13,15,22H,8,14,16,35H2,1-7H3,(H,36,41)(H,37,42)(H,38,43)/t22-/m0/s1. The van der Waals surface area contributed by atoms with Crippen LogP contribution < -0.4 is 25.4 Å². The van der Waals surface area contributed by atoms with Gasteiger partial charge < -0.3 is 30.6 Å². The molecular formula is C30H39ClF3N5O9S. The average Bonchev–Trinajstić information content (AvgIpc) is 2.90. The number of nitrogens with zero attached hydrogens (tertiary/aromatic N) is 1. The summed E-state index contributed by atoms with van der Waals surface area (Å²) < 4.78 is 83.7. The van der Waals surface area contributed by atoms with Gasteiger partial charge >= 0.3 is 34.5 Å². The maximum atomic E-state index is 13.4. The minimum atomic E-state index is -4.82. The molecule has 0 radical (unpaired) electrons. The van der Waals surface area contributed by atoms with E-state index < -0.39 is 69.8 Å². The predicted molar refractivity (Wildman–Crippen MR) is 175 cm³/mol. The van der Waals surface area contributed by atoms with Gasteiger partial charge in [0.2, 0.25) is 5.91 Å². The summed E-state index contributed by atoms with van der Waals surface area (Å²) in [4.78, 5) is 50.7. The lowest BCUT2D eigenvalue weighted by molar-refractivity contribution is -0.141. The van der Waals surface area contributed by atoms with Gasteiger partial charge in [-0.25, -0.2) is 18.6 Å². The molecule has 0 bridgehead atoms. The number of ether oxygens (including phenoxy) is 3. The summed E-state index contributed by atoms with van der Waals surface area (Å²) in [6.45, 7) is 9.72. The van der Waals surface area contributed by atoms with Crippen molar-refractivity contribution in [3.63, 3.8) is 0 Å². The third kappa shape index (κ3) is 13.2. The number of anilines is 3. The fraction of sp³-hybridized carbons (Fsp3) is 0.467. The van der Waals surface area contributed by atoms with E-state index in [0.29, 0.717) is 10.4 Å². The Morgan fingerprint density at radius 1 is 0.939 bits per heavy atom. The summed E-state index contributed by atoms with van der Waals surface area (Å²) in [5.74, 6) is -1.96. The van der Waals surface area contributed by atoms with Crippen LogP contribution in [-0.2, 0) is 46.6 Å². The van der Waals surface area contributed by atoms with E-state index >= 15 is 0 Å². The number of carbonyl (C=O) groups is 4. The maximum absolute atomic E-state index is 13.4. The zero-order valence-electron chi connectivity index (χ0n) is 27.8. The average molecular weight is 738 g/mol. The van der Waals surface area contributed by atoms with Gasteiger partial charge in [-0.2, -0.15) is 21.6 Å². The summed E-state index contributed by atoms with van der Waals surface area (Å²) in [5.41, 5.74) is 2.04. The number of halogens is 4. The molecule has 0 aliphatic heterocycles. The number of amides is 3. The molecule has 0 unspecified atom stereocenters. The van der Waals surface area contributed by atoms with Crippen LogP contribution in [0, 0.1) is 0 Å². The molecule has 272 valence electrons. The van der Waals surface area contributed by atoms with E-state index in [9.17, 15) is 40.8 Å². The van der Waals surface area contributed by atoms with Crippen LogP contribution in [0.25, 0.3) is 0 Å². The molecule has 0 spiro atoms. The molecule has 0 saturated heterocycles. The number of hydrogen-bond acceptors (Lipinski definition) is 10. The monoisotopic (exact) mass is 737 g/mol. The quantitative estimate of drug-likeness (QED) is 0.136. The van der Waals surface area contributed by atoms with Crippen molar-refractivity contribution < 1.29 is 55.0 Å². The molecule has 2 rings (SSSR count). The molecule has 0 heterocycles. The van der Waals surface area contributed by atoms with Crippen LogP contribution in [0.2, 0.25) is 5.02 Å². The molecule has 2 aromatic carbocycles. The van der Waals surface area contributed by atoms with Crippen molar-refractivity contribution in [2.24, 2.45) is 0 Å². The molecule has 0 fully saturated rings. The third-order valence-electron chi connectivity index (χ3n) is 5.85. The lowest BCUT2D eigenvalue weighted by atomic mass is 10.0. The highest BCUT2D eigenvalue weighted by molar-refractivity contribution is 7.91. The van der Waals surface area contributed by atoms with Gasteiger partial charge in [0.05, 0.1) is 34.3 Å². The summed E-state index contributed by atoms with van der Waals surface area (Å²) >= 11 is 6.46. The van der Waals surface area contributed by atoms with Crippen LogP contribution in [0.5, 0.6) is 0 Å². The Morgan fingerprint density at radius 2 is 1.53 bits per heavy atom. The third-order valence-corrected chi connectivity index (χ3v) is 7.48. The Bertz CT molecular complexity index is 1660. The number of nitrogen functional groups attached to an aromatic ring is 1. The Morgan fingerprint density at radius 3 is 2.06 bits per heavy atom. The largest absolute Gasteiger partial charge is 0.465 e. The Hall–Kier alpha value is -4.45. The highest BCUT2D eigenvalue weighted by Gasteiger charge is 2.33. The molecular weight excluding hydrogens is 699 g/mol. The molecule has 2 aromatic rings. The number of benzene rings is 2. The summed E-state index contributed by atoms with van der Waals surface area (Å²) in [7, 11) is -4.82. The Kier molecular flexibility index (Phi) is 13.2. The predicted octanol–water partition coefficient (Wildman–Crippen LogP) is 5.15. The van der Waals surface area contributed by atoms with Gasteiger partial charge in [0.1, 0.15) is 23.8 Å². The number of alkyl halides is 3. The summed E-state index contributed by atoms with van der Waals surface area (Å²) in [6, 6.07) is 4.52. The second-order valence-corrected chi connectivity index (χ2v) is 14.4. The number of nitrogens with two attached hydrogens (primary N) is 1. The van der Waals surface area contributed by atoms with Crippen molar-refractivity contribution in [2.75, 3.05) is 28.5 Å². The van der Waals surface area contributed by atoms with Gasteiger partial charge in [0.15, 0.2) is 0 Å². The van der Waals surface area contributed by atoms with E-state index in [1.807, 2.05) is 0 Å². The Balaban J connectivity index is 2.49. The minimum absolute atomic E-state index is 0.0842. The summed E-state index contributed by atoms with van der Waals surface area (Å²) in [6.07, 6.45) is -7.45. The number of esters is 1. The first-order chi connectivity index (χ1) is 22.3. The van der Waals surface area contributed by atoms with E-state index in [4.69, 9.17) is 31.5 Å². The van der Waals surface area contributed by atoms with E-state index in [1.54, 1.807) is 25.5 Å². The molecule has 3 amide bonds. The number of hydrogen-bond donors (Lipinski definition) is 4. The first kappa shape index (κ1) is 40.7. The molecule has 0 saturated carbocycles. The van der Waals surface area contributed by atoms with Crippen LogP contribution in [-0.4, -0.2) is 62.9 Å². The zero-order valence-corrected chi connectivity index (χ0v) is 29.4. The molecule has 19 heteroatoms. The fourth-order valence-corrected chi connectivity index (χ4v) is 5.33.